The van der Waals surface area contributed by atoms with Crippen LogP contribution in [0.3, 0.4) is 0 Å². The predicted octanol–water partition coefficient (Wildman–Crippen LogP) is 2.92. The maximum atomic E-state index is 13.1. The van der Waals surface area contributed by atoms with Crippen LogP contribution in [0.25, 0.3) is 11.0 Å². The van der Waals surface area contributed by atoms with Crippen LogP contribution >= 0.6 is 11.6 Å². The van der Waals surface area contributed by atoms with Crippen LogP contribution in [0, 0.1) is 5.92 Å². The molecule has 28 heavy (non-hydrogen) atoms. The molecule has 0 aliphatic carbocycles. The van der Waals surface area contributed by atoms with E-state index in [1.165, 1.54) is 10.4 Å². The number of sulfonamides is 1. The van der Waals surface area contributed by atoms with Gasteiger partial charge in [0.15, 0.2) is 5.52 Å². The van der Waals surface area contributed by atoms with Crippen molar-refractivity contribution < 1.29 is 17.8 Å². The normalized spacial score (nSPS) is 18.2. The Bertz CT molecular complexity index is 1110. The van der Waals surface area contributed by atoms with Gasteiger partial charge in [0.2, 0.25) is 15.9 Å². The summed E-state index contributed by atoms with van der Waals surface area (Å²) < 4.78 is 32.3. The molecule has 1 aliphatic heterocycles. The van der Waals surface area contributed by atoms with Gasteiger partial charge in [0.05, 0.1) is 5.92 Å². The van der Waals surface area contributed by atoms with E-state index in [0.29, 0.717) is 35.6 Å². The fourth-order valence-electron chi connectivity index (χ4n) is 3.28. The van der Waals surface area contributed by atoms with Crippen molar-refractivity contribution in [3.63, 3.8) is 0 Å². The molecule has 1 amide bonds. The number of piperidine rings is 1. The van der Waals surface area contributed by atoms with Gasteiger partial charge in [-0.2, -0.15) is 4.31 Å². The van der Waals surface area contributed by atoms with Gasteiger partial charge in [-0.25, -0.2) is 13.0 Å². The number of carbonyl (C=O) groups excluding carboxylic acids is 1. The second-order valence-corrected chi connectivity index (χ2v) is 8.93. The summed E-state index contributed by atoms with van der Waals surface area (Å²) in [5.74, 6) is -0.669. The van der Waals surface area contributed by atoms with Gasteiger partial charge in [0.1, 0.15) is 10.4 Å². The molecule has 1 aliphatic rings. The highest BCUT2D eigenvalue weighted by atomic mass is 35.5. The first-order valence-corrected chi connectivity index (χ1v) is 10.5. The third-order valence-electron chi connectivity index (χ3n) is 4.73. The van der Waals surface area contributed by atoms with Gasteiger partial charge in [-0.05, 0) is 59.6 Å². The molecule has 0 bridgehead atoms. The van der Waals surface area contributed by atoms with Crippen molar-refractivity contribution in [2.45, 2.75) is 17.7 Å². The van der Waals surface area contributed by atoms with Gasteiger partial charge in [-0.1, -0.05) is 17.7 Å². The summed E-state index contributed by atoms with van der Waals surface area (Å²) in [4.78, 5) is 12.7. The lowest BCUT2D eigenvalue weighted by Crippen LogP contribution is -2.43. The molecule has 10 heteroatoms. The van der Waals surface area contributed by atoms with Crippen LogP contribution in [0.15, 0.2) is 52.0 Å². The second kappa shape index (κ2) is 7.50. The van der Waals surface area contributed by atoms with Gasteiger partial charge < -0.3 is 5.32 Å². The number of benzene rings is 2. The molecular weight excluding hydrogens is 404 g/mol. The summed E-state index contributed by atoms with van der Waals surface area (Å²) >= 11 is 5.86. The predicted molar refractivity (Wildman–Crippen MR) is 103 cm³/mol. The monoisotopic (exact) mass is 420 g/mol. The van der Waals surface area contributed by atoms with E-state index in [0.717, 1.165) is 0 Å². The quantitative estimate of drug-likeness (QED) is 0.695. The number of aromatic nitrogens is 2. The molecule has 1 saturated heterocycles. The highest BCUT2D eigenvalue weighted by Crippen LogP contribution is 2.28. The number of nitrogens with zero attached hydrogens (tertiary/aromatic N) is 3. The van der Waals surface area contributed by atoms with E-state index >= 15 is 0 Å². The average molecular weight is 421 g/mol. The van der Waals surface area contributed by atoms with Crippen LogP contribution in [0.1, 0.15) is 12.8 Å². The van der Waals surface area contributed by atoms with E-state index < -0.39 is 15.9 Å². The van der Waals surface area contributed by atoms with E-state index in [-0.39, 0.29) is 22.9 Å². The Morgan fingerprint density at radius 3 is 2.75 bits per heavy atom. The lowest BCUT2D eigenvalue weighted by Gasteiger charge is -2.31. The maximum Gasteiger partial charge on any atom is 0.245 e. The molecule has 1 N–H and O–H groups in total. The zero-order valence-electron chi connectivity index (χ0n) is 14.7. The van der Waals surface area contributed by atoms with Crippen molar-refractivity contribution in [2.75, 3.05) is 18.4 Å². The minimum Gasteiger partial charge on any atom is -0.326 e. The smallest absolute Gasteiger partial charge is 0.245 e. The maximum absolute atomic E-state index is 13.1. The molecule has 0 spiro atoms. The van der Waals surface area contributed by atoms with E-state index in [9.17, 15) is 13.2 Å². The third kappa shape index (κ3) is 3.60. The van der Waals surface area contributed by atoms with E-state index in [1.807, 2.05) is 0 Å². The number of carbonyl (C=O) groups is 1. The van der Waals surface area contributed by atoms with Gasteiger partial charge >= 0.3 is 0 Å². The van der Waals surface area contributed by atoms with Crippen molar-refractivity contribution >= 4 is 44.3 Å². The summed E-state index contributed by atoms with van der Waals surface area (Å²) in [5, 5.41) is 10.8. The van der Waals surface area contributed by atoms with Crippen LogP contribution in [0.4, 0.5) is 5.69 Å². The minimum absolute atomic E-state index is 0.0324. The number of halogens is 1. The van der Waals surface area contributed by atoms with Crippen molar-refractivity contribution in [3.05, 3.63) is 47.5 Å². The fourth-order valence-corrected chi connectivity index (χ4v) is 5.07. The van der Waals surface area contributed by atoms with Gasteiger partial charge in [-0.3, -0.25) is 4.79 Å². The highest BCUT2D eigenvalue weighted by Gasteiger charge is 2.34. The number of fused-ring (bicyclic) bond motifs is 1. The van der Waals surface area contributed by atoms with Crippen LogP contribution in [-0.2, 0) is 14.8 Å². The number of anilines is 1. The molecule has 8 nitrogen and oxygen atoms in total. The molecule has 0 unspecified atom stereocenters. The second-order valence-electron chi connectivity index (χ2n) is 6.59. The van der Waals surface area contributed by atoms with Crippen LogP contribution in [0.2, 0.25) is 5.02 Å². The van der Waals surface area contributed by atoms with Crippen LogP contribution < -0.4 is 5.32 Å². The molecule has 1 atom stereocenters. The molecule has 2 heterocycles. The number of nitrogens with one attached hydrogen (secondary N) is 1. The topological polar surface area (TPSA) is 105 Å². The minimum atomic E-state index is -3.83. The summed E-state index contributed by atoms with van der Waals surface area (Å²) in [6.07, 6.45) is 1.20. The molecular formula is C18H17ClN4O4S. The van der Waals surface area contributed by atoms with E-state index in [2.05, 4.69) is 20.3 Å². The van der Waals surface area contributed by atoms with Crippen molar-refractivity contribution in [1.29, 1.82) is 0 Å². The zero-order valence-corrected chi connectivity index (χ0v) is 16.3. The molecule has 3 aromatic rings. The first-order valence-electron chi connectivity index (χ1n) is 8.73. The molecule has 146 valence electrons. The number of hydrogen-bond donors (Lipinski definition) is 1. The van der Waals surface area contributed by atoms with Crippen LogP contribution in [0.5, 0.6) is 0 Å². The Labute approximate surface area is 166 Å². The first-order chi connectivity index (χ1) is 13.4. The Hall–Kier alpha value is -2.49. The molecule has 2 aromatic carbocycles. The van der Waals surface area contributed by atoms with Crippen molar-refractivity contribution in [1.82, 2.24) is 14.6 Å². The zero-order chi connectivity index (χ0) is 19.7. The largest absolute Gasteiger partial charge is 0.326 e. The average Bonchev–Trinajstić information content (AvgIpc) is 3.18. The molecule has 1 aromatic heterocycles. The number of amides is 1. The Morgan fingerprint density at radius 1 is 1.18 bits per heavy atom. The van der Waals surface area contributed by atoms with Crippen molar-refractivity contribution in [2.24, 2.45) is 5.92 Å². The SMILES string of the molecule is O=C(Nc1ccc(Cl)cc1)[C@H]1CCCN(S(=O)(=O)c2cccc3nonc23)C1. The van der Waals surface area contributed by atoms with Crippen molar-refractivity contribution in [3.8, 4) is 0 Å². The third-order valence-corrected chi connectivity index (χ3v) is 6.88. The number of rotatable bonds is 4. The summed E-state index contributed by atoms with van der Waals surface area (Å²) in [5.41, 5.74) is 1.18. The number of hydrogen-bond acceptors (Lipinski definition) is 6. The molecule has 0 radical (unpaired) electrons. The van der Waals surface area contributed by atoms with Gasteiger partial charge in [0.25, 0.3) is 0 Å². The fraction of sp³-hybridized carbons (Fsp3) is 0.278. The molecule has 1 fully saturated rings. The first kappa shape index (κ1) is 18.9. The lowest BCUT2D eigenvalue weighted by molar-refractivity contribution is -0.120. The summed E-state index contributed by atoms with van der Waals surface area (Å²) in [7, 11) is -3.83. The standard InChI is InChI=1S/C18H17ClN4O4S/c19-13-6-8-14(9-7-13)20-18(24)12-3-2-10-23(11-12)28(25,26)16-5-1-4-15-17(16)22-27-21-15/h1,4-9,12H,2-3,10-11H2,(H,20,24)/t12-/m0/s1. The Balaban J connectivity index is 1.53. The van der Waals surface area contributed by atoms with Crippen LogP contribution in [-0.4, -0.2) is 42.0 Å². The molecule has 0 saturated carbocycles. The molecule has 4 rings (SSSR count). The lowest BCUT2D eigenvalue weighted by atomic mass is 9.99. The van der Waals surface area contributed by atoms with Gasteiger partial charge in [0, 0.05) is 23.8 Å². The van der Waals surface area contributed by atoms with Gasteiger partial charge in [-0.15, -0.1) is 0 Å². The summed E-state index contributed by atoms with van der Waals surface area (Å²) in [6.45, 7) is 0.443. The summed E-state index contributed by atoms with van der Waals surface area (Å²) in [6, 6.07) is 11.5. The van der Waals surface area contributed by atoms with E-state index in [4.69, 9.17) is 11.6 Å². The highest BCUT2D eigenvalue weighted by molar-refractivity contribution is 7.89. The Morgan fingerprint density at radius 2 is 1.96 bits per heavy atom. The van der Waals surface area contributed by atoms with E-state index in [1.54, 1.807) is 36.4 Å². The Kier molecular flexibility index (Phi) is 5.05.